The molecule has 5 heteroatoms. The molecule has 0 aliphatic heterocycles. The van der Waals surface area contributed by atoms with Crippen LogP contribution in [-0.4, -0.2) is 15.0 Å². The Morgan fingerprint density at radius 2 is 0.833 bits per heavy atom. The quantitative estimate of drug-likeness (QED) is 0.131. The standard InChI is InChI=1S/C13H12N.C12H11N.2C12H10N.Ir/c1-11-6-8-12(9-7-11)13-5-3-4-10-14(13)2;3*1-10-5-7-11(8-6-10)12-4-2-3-9-13-12;/h3-8,10H,2H2,1H3;2-9H,1H3;2*2-7,9H,1H3;/q-1;;2*-1;. The van der Waals surface area contributed by atoms with Gasteiger partial charge in [0, 0.05) is 51.3 Å². The van der Waals surface area contributed by atoms with Gasteiger partial charge in [-0.15, -0.1) is 101 Å². The van der Waals surface area contributed by atoms with E-state index in [0.717, 1.165) is 39.5 Å². The Morgan fingerprint density at radius 3 is 1.22 bits per heavy atom. The van der Waals surface area contributed by atoms with Crippen LogP contribution in [0.15, 0.2) is 176 Å². The minimum absolute atomic E-state index is 0. The fourth-order valence-corrected chi connectivity index (χ4v) is 5.01. The largest absolute Gasteiger partial charge is 0.321 e. The zero-order chi connectivity index (χ0) is 37.3. The summed E-state index contributed by atoms with van der Waals surface area (Å²) >= 11 is 0. The topological polar surface area (TPSA) is 42.6 Å². The first kappa shape index (κ1) is 40.8. The fourth-order valence-electron chi connectivity index (χ4n) is 5.01. The van der Waals surface area contributed by atoms with E-state index in [0.29, 0.717) is 0 Å². The summed E-state index contributed by atoms with van der Waals surface area (Å²) < 4.78 is 1.85. The predicted molar refractivity (Wildman–Crippen MR) is 217 cm³/mol. The molecule has 0 saturated heterocycles. The smallest absolute Gasteiger partial charge is 0.115 e. The van der Waals surface area contributed by atoms with Crippen molar-refractivity contribution < 1.29 is 24.7 Å². The first-order valence-corrected chi connectivity index (χ1v) is 17.4. The van der Waals surface area contributed by atoms with E-state index in [-0.39, 0.29) is 20.1 Å². The minimum atomic E-state index is 0. The second-order valence-electron chi connectivity index (χ2n) is 12.4. The van der Waals surface area contributed by atoms with E-state index in [2.05, 4.69) is 116 Å². The second-order valence-corrected chi connectivity index (χ2v) is 12.4. The van der Waals surface area contributed by atoms with E-state index in [1.807, 2.05) is 120 Å². The molecular formula is C49H43IrN4-3. The summed E-state index contributed by atoms with van der Waals surface area (Å²) in [6.45, 7) is 8.25. The van der Waals surface area contributed by atoms with Gasteiger partial charge in [0.15, 0.2) is 0 Å². The van der Waals surface area contributed by atoms with Crippen LogP contribution in [0.1, 0.15) is 22.3 Å². The van der Waals surface area contributed by atoms with Gasteiger partial charge in [-0.25, -0.2) is 0 Å². The maximum Gasteiger partial charge on any atom is 0.115 e. The van der Waals surface area contributed by atoms with Crippen LogP contribution in [0.3, 0.4) is 0 Å². The minimum Gasteiger partial charge on any atom is -0.321 e. The molecule has 0 saturated carbocycles. The molecule has 0 spiro atoms. The molecule has 0 unspecified atom stereocenters. The van der Waals surface area contributed by atoms with Crippen LogP contribution in [0.4, 0.5) is 0 Å². The molecule has 4 nitrogen and oxygen atoms in total. The Bertz CT molecular complexity index is 2030. The average Bonchev–Trinajstić information content (AvgIpc) is 3.21. The van der Waals surface area contributed by atoms with E-state index in [9.17, 15) is 0 Å². The molecular weight excluding hydrogens is 837 g/mol. The van der Waals surface area contributed by atoms with Gasteiger partial charge in [-0.05, 0) is 48.6 Å². The SMILES string of the molecule is Cc1c[c-]c(-c2ccccn2)cc1.Cc1c[c-]c(-c2ccccn2)cc1.Cc1ccc(-c2ccccn2)cc1.[CH2-][n+]1ccccc1-c1[c-]cc(C)cc1.[Ir]. The Hall–Kier alpha value is -6.00. The molecule has 8 aromatic rings. The molecule has 0 atom stereocenters. The van der Waals surface area contributed by atoms with E-state index >= 15 is 0 Å². The van der Waals surface area contributed by atoms with Crippen LogP contribution in [0.2, 0.25) is 0 Å². The molecule has 0 amide bonds. The summed E-state index contributed by atoms with van der Waals surface area (Å²) in [5.41, 5.74) is 13.3. The number of aromatic nitrogens is 4. The Kier molecular flexibility index (Phi) is 16.2. The molecule has 0 bridgehead atoms. The van der Waals surface area contributed by atoms with Gasteiger partial charge in [-0.1, -0.05) is 98.6 Å². The average molecular weight is 880 g/mol. The van der Waals surface area contributed by atoms with E-state index < -0.39 is 0 Å². The number of nitrogens with zero attached hydrogens (tertiary/aromatic N) is 4. The van der Waals surface area contributed by atoms with Gasteiger partial charge >= 0.3 is 0 Å². The van der Waals surface area contributed by atoms with Crippen molar-refractivity contribution in [1.29, 1.82) is 0 Å². The first-order chi connectivity index (χ1) is 25.9. The van der Waals surface area contributed by atoms with E-state index in [1.165, 1.54) is 27.8 Å². The van der Waals surface area contributed by atoms with Gasteiger partial charge in [-0.3, -0.25) is 4.98 Å². The van der Waals surface area contributed by atoms with Crippen LogP contribution in [0.25, 0.3) is 45.0 Å². The molecule has 0 fully saturated rings. The molecule has 4 heterocycles. The normalized spacial score (nSPS) is 9.78. The molecule has 4 aromatic carbocycles. The summed E-state index contributed by atoms with van der Waals surface area (Å²) in [6, 6.07) is 60.0. The molecule has 8 rings (SSSR count). The number of aryl methyl sites for hydroxylation is 4. The van der Waals surface area contributed by atoms with Crippen molar-refractivity contribution in [2.45, 2.75) is 27.7 Å². The fraction of sp³-hybridized carbons (Fsp3) is 0.0816. The van der Waals surface area contributed by atoms with Crippen molar-refractivity contribution in [2.75, 3.05) is 0 Å². The molecule has 271 valence electrons. The summed E-state index contributed by atoms with van der Waals surface area (Å²) in [4.78, 5) is 12.8. The Labute approximate surface area is 334 Å². The molecule has 54 heavy (non-hydrogen) atoms. The molecule has 0 aliphatic carbocycles. The van der Waals surface area contributed by atoms with Crippen LogP contribution in [0.5, 0.6) is 0 Å². The molecule has 4 aromatic heterocycles. The maximum atomic E-state index is 4.28. The molecule has 0 aliphatic rings. The molecule has 1 radical (unpaired) electrons. The van der Waals surface area contributed by atoms with Gasteiger partial charge in [0.25, 0.3) is 0 Å². The van der Waals surface area contributed by atoms with Crippen molar-refractivity contribution in [3.63, 3.8) is 0 Å². The van der Waals surface area contributed by atoms with Crippen molar-refractivity contribution in [2.24, 2.45) is 0 Å². The number of hydrogen-bond donors (Lipinski definition) is 0. The number of hydrogen-bond acceptors (Lipinski definition) is 3. The summed E-state index contributed by atoms with van der Waals surface area (Å²) in [5.74, 6) is 0. The summed E-state index contributed by atoms with van der Waals surface area (Å²) in [5, 5.41) is 0. The van der Waals surface area contributed by atoms with E-state index in [4.69, 9.17) is 0 Å². The van der Waals surface area contributed by atoms with Crippen molar-refractivity contribution in [1.82, 2.24) is 15.0 Å². The van der Waals surface area contributed by atoms with Gasteiger partial charge < -0.3 is 14.5 Å². The van der Waals surface area contributed by atoms with Crippen LogP contribution in [-0.2, 0) is 20.1 Å². The Balaban J connectivity index is 0.000000160. The van der Waals surface area contributed by atoms with Crippen molar-refractivity contribution in [3.05, 3.63) is 224 Å². The van der Waals surface area contributed by atoms with Gasteiger partial charge in [0.1, 0.15) is 5.69 Å². The first-order valence-electron chi connectivity index (χ1n) is 17.4. The third-order valence-electron chi connectivity index (χ3n) is 8.02. The summed E-state index contributed by atoms with van der Waals surface area (Å²) in [6.07, 6.45) is 7.34. The zero-order valence-electron chi connectivity index (χ0n) is 31.1. The number of benzene rings is 4. The third kappa shape index (κ3) is 12.9. The van der Waals surface area contributed by atoms with Crippen LogP contribution < -0.4 is 4.57 Å². The van der Waals surface area contributed by atoms with Gasteiger partial charge in [0.2, 0.25) is 0 Å². The predicted octanol–water partition coefficient (Wildman–Crippen LogP) is 11.2. The van der Waals surface area contributed by atoms with Crippen molar-refractivity contribution >= 4 is 0 Å². The van der Waals surface area contributed by atoms with Gasteiger partial charge in [-0.2, -0.15) is 0 Å². The molecule has 0 N–H and O–H groups in total. The van der Waals surface area contributed by atoms with Gasteiger partial charge in [0.05, 0.1) is 11.9 Å². The van der Waals surface area contributed by atoms with Crippen LogP contribution >= 0.6 is 0 Å². The zero-order valence-corrected chi connectivity index (χ0v) is 33.5. The monoisotopic (exact) mass is 880 g/mol. The number of pyridine rings is 4. The van der Waals surface area contributed by atoms with Crippen LogP contribution in [0, 0.1) is 52.9 Å². The van der Waals surface area contributed by atoms with E-state index in [1.54, 1.807) is 12.4 Å². The van der Waals surface area contributed by atoms with Crippen molar-refractivity contribution in [3.8, 4) is 45.0 Å². The number of rotatable bonds is 4. The second kappa shape index (κ2) is 21.5. The Morgan fingerprint density at radius 1 is 0.426 bits per heavy atom. The summed E-state index contributed by atoms with van der Waals surface area (Å²) in [7, 11) is 3.92. The third-order valence-corrected chi connectivity index (χ3v) is 8.02. The maximum absolute atomic E-state index is 4.28.